The highest BCUT2D eigenvalue weighted by molar-refractivity contribution is 6.27. The molecule has 7 nitrogen and oxygen atoms in total. The molecule has 3 aromatic carbocycles. The van der Waals surface area contributed by atoms with Crippen molar-refractivity contribution < 1.29 is 14.4 Å². The summed E-state index contributed by atoms with van der Waals surface area (Å²) in [5, 5.41) is 0.403. The molecule has 5 rings (SSSR count). The monoisotopic (exact) mass is 446 g/mol. The van der Waals surface area contributed by atoms with Crippen LogP contribution in [0.2, 0.25) is 0 Å². The maximum Gasteiger partial charge on any atom is 0.266 e. The molecule has 7 heteroatoms. The molecule has 2 heterocycles. The molecule has 0 aliphatic heterocycles. The summed E-state index contributed by atoms with van der Waals surface area (Å²) in [5.41, 5.74) is 1.44. The van der Waals surface area contributed by atoms with Crippen LogP contribution < -0.4 is 4.90 Å². The number of imide groups is 1. The van der Waals surface area contributed by atoms with Crippen LogP contribution in [0.4, 0.5) is 5.82 Å². The molecular weight excluding hydrogens is 428 g/mol. The first-order valence-corrected chi connectivity index (χ1v) is 10.6. The zero-order valence-electron chi connectivity index (χ0n) is 17.9. The molecule has 0 aliphatic carbocycles. The van der Waals surface area contributed by atoms with Crippen LogP contribution >= 0.6 is 0 Å². The second-order valence-corrected chi connectivity index (χ2v) is 7.47. The Hall–Kier alpha value is -4.91. The largest absolute Gasteiger partial charge is 0.268 e. The average molecular weight is 446 g/mol. The normalized spacial score (nSPS) is 10.7. The zero-order valence-corrected chi connectivity index (χ0v) is 17.9. The van der Waals surface area contributed by atoms with Crippen molar-refractivity contribution in [1.82, 2.24) is 14.5 Å². The first-order chi connectivity index (χ1) is 16.6. The van der Waals surface area contributed by atoms with Crippen molar-refractivity contribution in [3.63, 3.8) is 0 Å². The van der Waals surface area contributed by atoms with Crippen LogP contribution in [0.25, 0.3) is 11.0 Å². The second-order valence-electron chi connectivity index (χ2n) is 7.47. The molecule has 0 atom stereocenters. The summed E-state index contributed by atoms with van der Waals surface area (Å²) in [6.45, 7) is 0. The van der Waals surface area contributed by atoms with E-state index in [9.17, 15) is 14.4 Å². The fourth-order valence-electron chi connectivity index (χ4n) is 3.70. The van der Waals surface area contributed by atoms with Crippen molar-refractivity contribution >= 4 is 34.6 Å². The Morgan fingerprint density at radius 3 is 1.65 bits per heavy atom. The van der Waals surface area contributed by atoms with Crippen molar-refractivity contribution in [2.45, 2.75) is 0 Å². The number of anilines is 1. The number of carbonyl (C=O) groups excluding carboxylic acids is 3. The Morgan fingerprint density at radius 1 is 0.618 bits per heavy atom. The third-order valence-corrected chi connectivity index (χ3v) is 5.36. The molecule has 164 valence electrons. The van der Waals surface area contributed by atoms with Gasteiger partial charge in [-0.2, -0.15) is 0 Å². The minimum atomic E-state index is -0.531. The maximum absolute atomic E-state index is 13.5. The molecule has 34 heavy (non-hydrogen) atoms. The highest BCUT2D eigenvalue weighted by Gasteiger charge is 2.29. The van der Waals surface area contributed by atoms with Crippen molar-refractivity contribution in [2.75, 3.05) is 4.90 Å². The quantitative estimate of drug-likeness (QED) is 0.377. The van der Waals surface area contributed by atoms with Gasteiger partial charge >= 0.3 is 0 Å². The van der Waals surface area contributed by atoms with Crippen LogP contribution in [-0.4, -0.2) is 32.3 Å². The lowest BCUT2D eigenvalue weighted by atomic mass is 10.1. The summed E-state index contributed by atoms with van der Waals surface area (Å²) in [6.07, 6.45) is 2.81. The lowest BCUT2D eigenvalue weighted by molar-refractivity contribution is 0.0895. The predicted molar refractivity (Wildman–Crippen MR) is 128 cm³/mol. The molecule has 0 spiro atoms. The van der Waals surface area contributed by atoms with Crippen molar-refractivity contribution in [1.29, 1.82) is 0 Å². The van der Waals surface area contributed by atoms with E-state index < -0.39 is 11.8 Å². The molecule has 5 aromatic rings. The minimum absolute atomic E-state index is 0.104. The molecule has 2 aromatic heterocycles. The van der Waals surface area contributed by atoms with E-state index >= 15 is 0 Å². The summed E-state index contributed by atoms with van der Waals surface area (Å²) in [5.74, 6) is -1.24. The van der Waals surface area contributed by atoms with Gasteiger partial charge in [-0.25, -0.2) is 14.9 Å². The van der Waals surface area contributed by atoms with E-state index in [0.29, 0.717) is 27.7 Å². The number of amides is 2. The second kappa shape index (κ2) is 8.91. The summed E-state index contributed by atoms with van der Waals surface area (Å²) in [4.78, 5) is 49.7. The van der Waals surface area contributed by atoms with Gasteiger partial charge in [-0.05, 0) is 42.5 Å². The minimum Gasteiger partial charge on any atom is -0.268 e. The van der Waals surface area contributed by atoms with E-state index in [1.165, 1.54) is 10.9 Å². The first-order valence-electron chi connectivity index (χ1n) is 10.6. The van der Waals surface area contributed by atoms with Crippen molar-refractivity contribution in [2.24, 2.45) is 0 Å². The van der Waals surface area contributed by atoms with Gasteiger partial charge in [0.25, 0.3) is 17.7 Å². The number of hydrogen-bond acceptors (Lipinski definition) is 5. The zero-order chi connectivity index (χ0) is 23.5. The van der Waals surface area contributed by atoms with Crippen LogP contribution in [0.15, 0.2) is 110 Å². The van der Waals surface area contributed by atoms with Crippen LogP contribution in [0.5, 0.6) is 0 Å². The topological polar surface area (TPSA) is 85.2 Å². The number of carbonyl (C=O) groups is 3. The third kappa shape index (κ3) is 3.75. The SMILES string of the molecule is O=C(c1ccccc1)N(C(=O)c1ccccc1)c1ncnc2c1ccn2C(=O)c1ccccc1. The molecule has 0 bridgehead atoms. The van der Waals surface area contributed by atoms with Gasteiger partial charge < -0.3 is 0 Å². The number of aromatic nitrogens is 3. The van der Waals surface area contributed by atoms with Gasteiger partial charge in [0.05, 0.1) is 5.39 Å². The Balaban J connectivity index is 1.66. The number of benzene rings is 3. The Bertz CT molecular complexity index is 1450. The van der Waals surface area contributed by atoms with Gasteiger partial charge in [0.1, 0.15) is 6.33 Å². The fourth-order valence-corrected chi connectivity index (χ4v) is 3.70. The molecule has 2 amide bonds. The van der Waals surface area contributed by atoms with E-state index in [4.69, 9.17) is 0 Å². The Morgan fingerprint density at radius 2 is 1.12 bits per heavy atom. The molecule has 0 fully saturated rings. The number of hydrogen-bond donors (Lipinski definition) is 0. The third-order valence-electron chi connectivity index (χ3n) is 5.36. The summed E-state index contributed by atoms with van der Waals surface area (Å²) in [7, 11) is 0. The summed E-state index contributed by atoms with van der Waals surface area (Å²) in [6, 6.07) is 27.5. The van der Waals surface area contributed by atoms with Gasteiger partial charge in [-0.1, -0.05) is 54.6 Å². The lowest BCUT2D eigenvalue weighted by Crippen LogP contribution is -2.38. The first kappa shape index (κ1) is 21.0. The summed E-state index contributed by atoms with van der Waals surface area (Å²) >= 11 is 0. The Labute approximate surface area is 194 Å². The smallest absolute Gasteiger partial charge is 0.266 e. The molecule has 0 N–H and O–H groups in total. The van der Waals surface area contributed by atoms with Crippen LogP contribution in [0, 0.1) is 0 Å². The van der Waals surface area contributed by atoms with E-state index in [0.717, 1.165) is 4.90 Å². The fraction of sp³-hybridized carbons (Fsp3) is 0. The van der Waals surface area contributed by atoms with Gasteiger partial charge in [0, 0.05) is 22.9 Å². The average Bonchev–Trinajstić information content (AvgIpc) is 3.35. The lowest BCUT2D eigenvalue weighted by Gasteiger charge is -2.21. The summed E-state index contributed by atoms with van der Waals surface area (Å²) < 4.78 is 1.38. The number of fused-ring (bicyclic) bond motifs is 1. The molecule has 0 aliphatic rings. The molecule has 0 saturated heterocycles. The number of nitrogens with zero attached hydrogens (tertiary/aromatic N) is 4. The highest BCUT2D eigenvalue weighted by atomic mass is 16.2. The maximum atomic E-state index is 13.5. The molecule has 0 unspecified atom stereocenters. The molecule has 0 saturated carbocycles. The van der Waals surface area contributed by atoms with E-state index in [-0.39, 0.29) is 11.7 Å². The van der Waals surface area contributed by atoms with Crippen LogP contribution in [0.1, 0.15) is 31.1 Å². The van der Waals surface area contributed by atoms with E-state index in [2.05, 4.69) is 9.97 Å². The van der Waals surface area contributed by atoms with E-state index in [1.54, 1.807) is 97.2 Å². The van der Waals surface area contributed by atoms with Crippen molar-refractivity contribution in [3.05, 3.63) is 126 Å². The highest BCUT2D eigenvalue weighted by Crippen LogP contribution is 2.27. The molecule has 0 radical (unpaired) electrons. The number of rotatable bonds is 4. The molecular formula is C27H18N4O3. The van der Waals surface area contributed by atoms with Gasteiger partial charge in [-0.3, -0.25) is 19.0 Å². The van der Waals surface area contributed by atoms with Crippen LogP contribution in [-0.2, 0) is 0 Å². The predicted octanol–water partition coefficient (Wildman–Crippen LogP) is 4.61. The van der Waals surface area contributed by atoms with E-state index in [1.807, 2.05) is 6.07 Å². The Kier molecular flexibility index (Phi) is 5.50. The van der Waals surface area contributed by atoms with Gasteiger partial charge in [-0.15, -0.1) is 0 Å². The standard InChI is InChI=1S/C27H18N4O3/c32-25(19-10-4-1-5-11-19)30-17-16-22-23(30)28-18-29-24(22)31(26(33)20-12-6-2-7-13-20)27(34)21-14-8-3-9-15-21/h1-18H. The van der Waals surface area contributed by atoms with Crippen molar-refractivity contribution in [3.8, 4) is 0 Å². The van der Waals surface area contributed by atoms with Gasteiger partial charge in [0.15, 0.2) is 11.5 Å². The van der Waals surface area contributed by atoms with Gasteiger partial charge in [0.2, 0.25) is 0 Å². The van der Waals surface area contributed by atoms with Crippen LogP contribution in [0.3, 0.4) is 0 Å².